The molecular weight excluding hydrogens is 399 g/mol. The molecule has 0 spiro atoms. The summed E-state index contributed by atoms with van der Waals surface area (Å²) in [5.74, 6) is -0.213. The van der Waals surface area contributed by atoms with E-state index in [0.717, 1.165) is 0 Å². The summed E-state index contributed by atoms with van der Waals surface area (Å²) in [5, 5.41) is 8.81. The first-order chi connectivity index (χ1) is 12.8. The Kier molecular flexibility index (Phi) is 5.72. The summed E-state index contributed by atoms with van der Waals surface area (Å²) in [7, 11) is 0. The zero-order chi connectivity index (χ0) is 19.6. The fourth-order valence-corrected chi connectivity index (χ4v) is 3.15. The summed E-state index contributed by atoms with van der Waals surface area (Å²) < 4.78 is 30.2. The van der Waals surface area contributed by atoms with E-state index in [-0.39, 0.29) is 23.6 Å². The Morgan fingerprint density at radius 2 is 1.78 bits per heavy atom. The summed E-state index contributed by atoms with van der Waals surface area (Å²) in [6.07, 6.45) is 0.0704. The van der Waals surface area contributed by atoms with E-state index in [1.165, 1.54) is 16.8 Å². The molecule has 5 nitrogen and oxygen atoms in total. The molecule has 9 heteroatoms. The minimum atomic E-state index is -2.90. The summed E-state index contributed by atoms with van der Waals surface area (Å²) >= 11 is 11.9. The van der Waals surface area contributed by atoms with Crippen molar-refractivity contribution in [2.24, 2.45) is 0 Å². The molecule has 0 aliphatic heterocycles. The van der Waals surface area contributed by atoms with Crippen LogP contribution < -0.4 is 4.74 Å². The second kappa shape index (κ2) is 8.02. The first kappa shape index (κ1) is 19.3. The Balaban J connectivity index is 1.81. The molecular formula is C18H13Cl2F2N3O2. The van der Waals surface area contributed by atoms with Crippen LogP contribution in [-0.4, -0.2) is 27.4 Å². The number of halogens is 4. The molecule has 3 aromatic rings. The molecule has 140 valence electrons. The Morgan fingerprint density at radius 1 is 1.15 bits per heavy atom. The van der Waals surface area contributed by atoms with Crippen LogP contribution in [0.25, 0.3) is 5.69 Å². The second-order valence-electron chi connectivity index (χ2n) is 5.69. The van der Waals surface area contributed by atoms with Gasteiger partial charge in [0.15, 0.2) is 11.5 Å². The van der Waals surface area contributed by atoms with Crippen molar-refractivity contribution < 1.29 is 18.3 Å². The number of hydrogen-bond donors (Lipinski definition) is 0. The maximum absolute atomic E-state index is 12.6. The van der Waals surface area contributed by atoms with Crippen molar-refractivity contribution in [3.63, 3.8) is 0 Å². The van der Waals surface area contributed by atoms with Crippen molar-refractivity contribution in [3.8, 4) is 11.4 Å². The molecule has 3 rings (SSSR count). The summed E-state index contributed by atoms with van der Waals surface area (Å²) in [5.41, 5.74) is 1.96. The zero-order valence-corrected chi connectivity index (χ0v) is 15.5. The number of benzene rings is 2. The molecule has 1 aromatic heterocycles. The lowest BCUT2D eigenvalue weighted by atomic mass is 10.1. The Bertz CT molecular complexity index is 955. The van der Waals surface area contributed by atoms with Crippen molar-refractivity contribution in [3.05, 3.63) is 69.5 Å². The number of carbonyl (C=O) groups is 1. The number of ether oxygens (including phenoxy) is 1. The van der Waals surface area contributed by atoms with Gasteiger partial charge >= 0.3 is 6.61 Å². The number of hydrogen-bond acceptors (Lipinski definition) is 4. The van der Waals surface area contributed by atoms with E-state index in [0.29, 0.717) is 27.0 Å². The van der Waals surface area contributed by atoms with Gasteiger partial charge in [0.25, 0.3) is 0 Å². The van der Waals surface area contributed by atoms with Gasteiger partial charge in [-0.15, -0.1) is 5.10 Å². The van der Waals surface area contributed by atoms with Crippen LogP contribution >= 0.6 is 23.2 Å². The van der Waals surface area contributed by atoms with E-state index in [1.807, 2.05) is 0 Å². The van der Waals surface area contributed by atoms with Crippen molar-refractivity contribution >= 4 is 29.0 Å². The molecule has 0 bridgehead atoms. The standard InChI is InChI=1S/C18H13Cl2F2N3O2/c1-10-17(16(26)8-11-6-12(19)9-13(20)7-11)23-24-25(10)14-2-4-15(5-3-14)27-18(21)22/h2-7,9,18H,8H2,1H3. The number of nitrogens with zero attached hydrogens (tertiary/aromatic N) is 3. The fourth-order valence-electron chi connectivity index (χ4n) is 2.58. The lowest BCUT2D eigenvalue weighted by Crippen LogP contribution is -2.07. The van der Waals surface area contributed by atoms with Gasteiger partial charge in [-0.05, 0) is 55.0 Å². The normalized spacial score (nSPS) is 11.0. The quantitative estimate of drug-likeness (QED) is 0.540. The summed E-state index contributed by atoms with van der Waals surface area (Å²) in [6.45, 7) is -1.20. The number of aromatic nitrogens is 3. The second-order valence-corrected chi connectivity index (χ2v) is 6.56. The van der Waals surface area contributed by atoms with E-state index >= 15 is 0 Å². The van der Waals surface area contributed by atoms with Gasteiger partial charge in [0.1, 0.15) is 5.75 Å². The average Bonchev–Trinajstić information content (AvgIpc) is 2.96. The van der Waals surface area contributed by atoms with E-state index < -0.39 is 6.61 Å². The third kappa shape index (κ3) is 4.61. The number of Topliss-reactive ketones (excluding diaryl/α,β-unsaturated/α-hetero) is 1. The van der Waals surface area contributed by atoms with Crippen molar-refractivity contribution in [1.82, 2.24) is 15.0 Å². The van der Waals surface area contributed by atoms with Gasteiger partial charge in [0.05, 0.1) is 11.4 Å². The largest absolute Gasteiger partial charge is 0.435 e. The highest BCUT2D eigenvalue weighted by Crippen LogP contribution is 2.22. The van der Waals surface area contributed by atoms with E-state index in [9.17, 15) is 13.6 Å². The number of carbonyl (C=O) groups excluding carboxylic acids is 1. The fraction of sp³-hybridized carbons (Fsp3) is 0.167. The molecule has 0 N–H and O–H groups in total. The van der Waals surface area contributed by atoms with Gasteiger partial charge in [-0.25, -0.2) is 4.68 Å². The monoisotopic (exact) mass is 411 g/mol. The van der Waals surface area contributed by atoms with Gasteiger partial charge in [0, 0.05) is 16.5 Å². The van der Waals surface area contributed by atoms with Crippen LogP contribution in [0, 0.1) is 6.92 Å². The van der Waals surface area contributed by atoms with Crippen LogP contribution in [0.1, 0.15) is 21.7 Å². The Labute approximate surface area is 163 Å². The van der Waals surface area contributed by atoms with Crippen LogP contribution in [0.4, 0.5) is 8.78 Å². The van der Waals surface area contributed by atoms with Crippen LogP contribution in [-0.2, 0) is 6.42 Å². The van der Waals surface area contributed by atoms with Crippen LogP contribution in [0.15, 0.2) is 42.5 Å². The number of ketones is 1. The van der Waals surface area contributed by atoms with Crippen molar-refractivity contribution in [2.75, 3.05) is 0 Å². The molecule has 0 aliphatic carbocycles. The molecule has 27 heavy (non-hydrogen) atoms. The SMILES string of the molecule is Cc1c(C(=O)Cc2cc(Cl)cc(Cl)c2)nnn1-c1ccc(OC(F)F)cc1. The number of rotatable bonds is 6. The maximum Gasteiger partial charge on any atom is 0.387 e. The van der Waals surface area contributed by atoms with Crippen LogP contribution in [0.2, 0.25) is 10.0 Å². The highest BCUT2D eigenvalue weighted by Gasteiger charge is 2.18. The smallest absolute Gasteiger partial charge is 0.387 e. The van der Waals surface area contributed by atoms with E-state index in [2.05, 4.69) is 15.0 Å². The molecule has 0 radical (unpaired) electrons. The predicted molar refractivity (Wildman–Crippen MR) is 97.2 cm³/mol. The third-order valence-corrected chi connectivity index (χ3v) is 4.19. The molecule has 0 saturated carbocycles. The highest BCUT2D eigenvalue weighted by molar-refractivity contribution is 6.34. The van der Waals surface area contributed by atoms with E-state index in [1.54, 1.807) is 37.3 Å². The molecule has 0 aliphatic rings. The predicted octanol–water partition coefficient (Wildman–Crippen LogP) is 4.91. The van der Waals surface area contributed by atoms with Crippen LogP contribution in [0.3, 0.4) is 0 Å². The first-order valence-electron chi connectivity index (χ1n) is 7.79. The minimum Gasteiger partial charge on any atom is -0.435 e. The van der Waals surface area contributed by atoms with Gasteiger partial charge in [-0.1, -0.05) is 28.4 Å². The molecule has 0 saturated heterocycles. The maximum atomic E-state index is 12.6. The third-order valence-electron chi connectivity index (χ3n) is 3.75. The molecule has 0 atom stereocenters. The molecule has 2 aromatic carbocycles. The van der Waals surface area contributed by atoms with Crippen LogP contribution in [0.5, 0.6) is 5.75 Å². The lowest BCUT2D eigenvalue weighted by molar-refractivity contribution is -0.0498. The first-order valence-corrected chi connectivity index (χ1v) is 8.55. The zero-order valence-electron chi connectivity index (χ0n) is 14.0. The molecule has 1 heterocycles. The summed E-state index contributed by atoms with van der Waals surface area (Å²) in [6, 6.07) is 10.8. The van der Waals surface area contributed by atoms with E-state index in [4.69, 9.17) is 23.2 Å². The van der Waals surface area contributed by atoms with Gasteiger partial charge < -0.3 is 4.74 Å². The molecule has 0 fully saturated rings. The Morgan fingerprint density at radius 3 is 2.37 bits per heavy atom. The minimum absolute atomic E-state index is 0.0284. The van der Waals surface area contributed by atoms with Gasteiger partial charge in [0.2, 0.25) is 0 Å². The van der Waals surface area contributed by atoms with Gasteiger partial charge in [-0.3, -0.25) is 4.79 Å². The highest BCUT2D eigenvalue weighted by atomic mass is 35.5. The van der Waals surface area contributed by atoms with Crippen molar-refractivity contribution in [1.29, 1.82) is 0 Å². The topological polar surface area (TPSA) is 57.0 Å². The average molecular weight is 412 g/mol. The number of alkyl halides is 2. The summed E-state index contributed by atoms with van der Waals surface area (Å²) in [4.78, 5) is 12.6. The lowest BCUT2D eigenvalue weighted by Gasteiger charge is -2.07. The van der Waals surface area contributed by atoms with Gasteiger partial charge in [-0.2, -0.15) is 8.78 Å². The Hall–Kier alpha value is -2.51. The molecule has 0 unspecified atom stereocenters. The van der Waals surface area contributed by atoms with Crippen molar-refractivity contribution in [2.45, 2.75) is 20.0 Å². The molecule has 0 amide bonds.